The van der Waals surface area contributed by atoms with Crippen LogP contribution in [0.3, 0.4) is 0 Å². The van der Waals surface area contributed by atoms with Crippen LogP contribution in [0.2, 0.25) is 5.02 Å². The number of nitriles is 1. The first kappa shape index (κ1) is 20.8. The molecule has 5 rings (SSSR count). The molecule has 0 aliphatic carbocycles. The molecule has 1 fully saturated rings. The van der Waals surface area contributed by atoms with E-state index in [1.54, 1.807) is 0 Å². The number of anilines is 1. The standard InChI is InChI=1S/C26H26ClN5/c1-3-20-18(2)21(16-28)25-29-23-10-6-7-11-24(23)32(25)26(20)31-14-12-30(13-15-31)17-19-8-4-5-9-22(19)27/h4-11H,3,12-15,17H2,1-2H3. The van der Waals surface area contributed by atoms with Crippen molar-refractivity contribution >= 4 is 34.1 Å². The fraction of sp³-hybridized carbons (Fsp3) is 0.308. The van der Waals surface area contributed by atoms with E-state index in [4.69, 9.17) is 16.6 Å². The van der Waals surface area contributed by atoms with E-state index in [1.807, 2.05) is 36.4 Å². The quantitative estimate of drug-likeness (QED) is 0.434. The summed E-state index contributed by atoms with van der Waals surface area (Å²) >= 11 is 6.39. The van der Waals surface area contributed by atoms with E-state index in [0.717, 1.165) is 66.4 Å². The number of pyridine rings is 1. The highest BCUT2D eigenvalue weighted by Crippen LogP contribution is 2.34. The molecule has 1 aliphatic rings. The zero-order chi connectivity index (χ0) is 22.2. The molecule has 6 heteroatoms. The van der Waals surface area contributed by atoms with Crippen LogP contribution in [-0.2, 0) is 13.0 Å². The van der Waals surface area contributed by atoms with Crippen molar-refractivity contribution in [3.8, 4) is 6.07 Å². The van der Waals surface area contributed by atoms with Crippen molar-refractivity contribution in [1.82, 2.24) is 14.3 Å². The summed E-state index contributed by atoms with van der Waals surface area (Å²) in [7, 11) is 0. The average Bonchev–Trinajstić information content (AvgIpc) is 3.19. The second-order valence-corrected chi connectivity index (χ2v) is 8.79. The van der Waals surface area contributed by atoms with Gasteiger partial charge in [-0.3, -0.25) is 9.30 Å². The van der Waals surface area contributed by atoms with Crippen molar-refractivity contribution in [2.75, 3.05) is 31.1 Å². The zero-order valence-corrected chi connectivity index (χ0v) is 19.2. The van der Waals surface area contributed by atoms with E-state index in [2.05, 4.69) is 46.2 Å². The van der Waals surface area contributed by atoms with Gasteiger partial charge in [-0.05, 0) is 48.2 Å². The summed E-state index contributed by atoms with van der Waals surface area (Å²) in [6, 6.07) is 18.7. The van der Waals surface area contributed by atoms with Gasteiger partial charge in [-0.15, -0.1) is 0 Å². The summed E-state index contributed by atoms with van der Waals surface area (Å²) in [5.74, 6) is 1.19. The maximum atomic E-state index is 9.93. The Kier molecular flexibility index (Phi) is 5.50. The number of piperazine rings is 1. The third-order valence-electron chi connectivity index (χ3n) is 6.58. The third kappa shape index (κ3) is 3.40. The topological polar surface area (TPSA) is 47.6 Å². The van der Waals surface area contributed by atoms with Gasteiger partial charge in [0.1, 0.15) is 11.9 Å². The molecule has 4 aromatic rings. The van der Waals surface area contributed by atoms with Crippen LogP contribution in [0, 0.1) is 18.3 Å². The zero-order valence-electron chi connectivity index (χ0n) is 18.5. The summed E-state index contributed by atoms with van der Waals surface area (Å²) in [6.45, 7) is 8.86. The number of imidazole rings is 1. The Balaban J connectivity index is 1.55. The molecule has 0 bridgehead atoms. The third-order valence-corrected chi connectivity index (χ3v) is 6.95. The molecule has 3 heterocycles. The number of hydrogen-bond acceptors (Lipinski definition) is 4. The number of rotatable bonds is 4. The van der Waals surface area contributed by atoms with E-state index in [9.17, 15) is 5.26 Å². The molecule has 1 saturated heterocycles. The summed E-state index contributed by atoms with van der Waals surface area (Å²) in [5, 5.41) is 10.8. The predicted molar refractivity (Wildman–Crippen MR) is 130 cm³/mol. The monoisotopic (exact) mass is 443 g/mol. The SMILES string of the molecule is CCc1c(C)c(C#N)c2nc3ccccc3n2c1N1CCN(Cc2ccccc2Cl)CC1. The number of para-hydroxylation sites is 2. The Bertz CT molecular complexity index is 1340. The number of aromatic nitrogens is 2. The molecule has 0 spiro atoms. The molecule has 0 saturated carbocycles. The highest BCUT2D eigenvalue weighted by molar-refractivity contribution is 6.31. The van der Waals surface area contributed by atoms with Crippen molar-refractivity contribution < 1.29 is 0 Å². The normalized spacial score (nSPS) is 14.9. The first-order valence-corrected chi connectivity index (χ1v) is 11.5. The molecule has 162 valence electrons. The molecule has 0 unspecified atom stereocenters. The number of fused-ring (bicyclic) bond motifs is 3. The lowest BCUT2D eigenvalue weighted by Gasteiger charge is -2.37. The second-order valence-electron chi connectivity index (χ2n) is 8.38. The summed E-state index contributed by atoms with van der Waals surface area (Å²) in [5.41, 5.74) is 6.88. The molecule has 2 aromatic heterocycles. The van der Waals surface area contributed by atoms with Gasteiger partial charge in [0.05, 0.1) is 16.6 Å². The largest absolute Gasteiger partial charge is 0.355 e. The second kappa shape index (κ2) is 8.46. The summed E-state index contributed by atoms with van der Waals surface area (Å²) in [4.78, 5) is 9.78. The molecular formula is C26H26ClN5. The van der Waals surface area contributed by atoms with Crippen molar-refractivity contribution in [3.05, 3.63) is 75.8 Å². The maximum absolute atomic E-state index is 9.93. The van der Waals surface area contributed by atoms with Crippen LogP contribution in [0.25, 0.3) is 16.7 Å². The Morgan fingerprint density at radius 1 is 1.03 bits per heavy atom. The first-order chi connectivity index (χ1) is 15.6. The Morgan fingerprint density at radius 2 is 1.75 bits per heavy atom. The minimum atomic E-state index is 0.680. The molecule has 0 atom stereocenters. The van der Waals surface area contributed by atoms with Crippen LogP contribution >= 0.6 is 11.6 Å². The highest BCUT2D eigenvalue weighted by atomic mass is 35.5. The van der Waals surface area contributed by atoms with Crippen LogP contribution in [0.4, 0.5) is 5.82 Å². The molecule has 1 aliphatic heterocycles. The van der Waals surface area contributed by atoms with Gasteiger partial charge >= 0.3 is 0 Å². The van der Waals surface area contributed by atoms with Gasteiger partial charge in [-0.25, -0.2) is 4.98 Å². The van der Waals surface area contributed by atoms with Gasteiger partial charge in [0.25, 0.3) is 0 Å². The molecule has 2 aromatic carbocycles. The minimum Gasteiger partial charge on any atom is -0.355 e. The van der Waals surface area contributed by atoms with Gasteiger partial charge < -0.3 is 4.90 Å². The minimum absolute atomic E-state index is 0.680. The number of benzene rings is 2. The maximum Gasteiger partial charge on any atom is 0.157 e. The van der Waals surface area contributed by atoms with E-state index >= 15 is 0 Å². The van der Waals surface area contributed by atoms with E-state index < -0.39 is 0 Å². The van der Waals surface area contributed by atoms with Crippen molar-refractivity contribution in [1.29, 1.82) is 5.26 Å². The van der Waals surface area contributed by atoms with Gasteiger partial charge in [-0.2, -0.15) is 5.26 Å². The fourth-order valence-corrected chi connectivity index (χ4v) is 5.10. The smallest absolute Gasteiger partial charge is 0.157 e. The van der Waals surface area contributed by atoms with Crippen LogP contribution in [-0.4, -0.2) is 40.5 Å². The number of halogens is 1. The van der Waals surface area contributed by atoms with E-state index in [1.165, 1.54) is 16.9 Å². The lowest BCUT2D eigenvalue weighted by atomic mass is 10.0. The van der Waals surface area contributed by atoms with E-state index in [-0.39, 0.29) is 0 Å². The summed E-state index contributed by atoms with van der Waals surface area (Å²) < 4.78 is 2.21. The Hall–Kier alpha value is -3.07. The molecule has 0 amide bonds. The molecule has 0 N–H and O–H groups in total. The number of nitrogens with zero attached hydrogens (tertiary/aromatic N) is 5. The van der Waals surface area contributed by atoms with Gasteiger partial charge in [0, 0.05) is 37.7 Å². The molecule has 5 nitrogen and oxygen atoms in total. The van der Waals surface area contributed by atoms with E-state index in [0.29, 0.717) is 5.56 Å². The highest BCUT2D eigenvalue weighted by Gasteiger charge is 2.26. The van der Waals surface area contributed by atoms with Crippen LogP contribution < -0.4 is 4.90 Å². The van der Waals surface area contributed by atoms with Crippen LogP contribution in [0.15, 0.2) is 48.5 Å². The Morgan fingerprint density at radius 3 is 2.47 bits per heavy atom. The van der Waals surface area contributed by atoms with Crippen LogP contribution in [0.1, 0.15) is 29.2 Å². The van der Waals surface area contributed by atoms with Gasteiger partial charge in [0.15, 0.2) is 5.65 Å². The summed E-state index contributed by atoms with van der Waals surface area (Å²) in [6.07, 6.45) is 0.873. The number of hydrogen-bond donors (Lipinski definition) is 0. The van der Waals surface area contributed by atoms with Crippen molar-refractivity contribution in [3.63, 3.8) is 0 Å². The van der Waals surface area contributed by atoms with Gasteiger partial charge in [0.2, 0.25) is 0 Å². The fourth-order valence-electron chi connectivity index (χ4n) is 4.90. The first-order valence-electron chi connectivity index (χ1n) is 11.2. The van der Waals surface area contributed by atoms with Gasteiger partial charge in [-0.1, -0.05) is 48.9 Å². The van der Waals surface area contributed by atoms with Crippen LogP contribution in [0.5, 0.6) is 0 Å². The average molecular weight is 444 g/mol. The lowest BCUT2D eigenvalue weighted by molar-refractivity contribution is 0.249. The molecular weight excluding hydrogens is 418 g/mol. The molecule has 32 heavy (non-hydrogen) atoms. The van der Waals surface area contributed by atoms with Crippen molar-refractivity contribution in [2.45, 2.75) is 26.8 Å². The van der Waals surface area contributed by atoms with Crippen molar-refractivity contribution in [2.24, 2.45) is 0 Å². The predicted octanol–water partition coefficient (Wildman–Crippen LogP) is 5.21. The lowest BCUT2D eigenvalue weighted by Crippen LogP contribution is -2.47. The molecule has 0 radical (unpaired) electrons. The Labute approximate surface area is 193 Å².